The molecule has 15 nitrogen and oxygen atoms in total. The minimum Gasteiger partial charge on any atom is -0.391 e. The molecule has 4 aromatic carbocycles. The number of aliphatic hydroxyl groups is 1. The minimum atomic E-state index is -1.56. The maximum atomic E-state index is 14.6. The van der Waals surface area contributed by atoms with E-state index in [0.29, 0.717) is 36.1 Å². The van der Waals surface area contributed by atoms with Gasteiger partial charge in [0, 0.05) is 42.8 Å². The summed E-state index contributed by atoms with van der Waals surface area (Å²) >= 11 is 0. The number of benzene rings is 4. The zero-order valence-electron chi connectivity index (χ0n) is 35.2. The van der Waals surface area contributed by atoms with Crippen LogP contribution in [-0.2, 0) is 54.5 Å². The first-order valence-corrected chi connectivity index (χ1v) is 21.4. The molecule has 0 unspecified atom stereocenters. The Hall–Kier alpha value is -6.84. The van der Waals surface area contributed by atoms with Crippen LogP contribution in [0.25, 0.3) is 10.9 Å². The van der Waals surface area contributed by atoms with E-state index in [2.05, 4.69) is 36.9 Å². The van der Waals surface area contributed by atoms with Crippen molar-refractivity contribution in [3.8, 4) is 0 Å². The molecule has 1 aliphatic heterocycles. The highest BCUT2D eigenvalue weighted by Crippen LogP contribution is 2.20. The van der Waals surface area contributed by atoms with Crippen molar-refractivity contribution in [2.75, 3.05) is 6.54 Å². The van der Waals surface area contributed by atoms with Crippen molar-refractivity contribution in [1.29, 1.82) is 0 Å². The van der Waals surface area contributed by atoms with E-state index in [4.69, 9.17) is 5.73 Å². The molecule has 2 heterocycles. The number of nitrogens with two attached hydrogens (primary N) is 1. The lowest BCUT2D eigenvalue weighted by atomic mass is 9.99. The Morgan fingerprint density at radius 1 is 0.492 bits per heavy atom. The van der Waals surface area contributed by atoms with Crippen molar-refractivity contribution in [2.24, 2.45) is 5.73 Å². The highest BCUT2D eigenvalue weighted by atomic mass is 16.3. The molecule has 0 bridgehead atoms. The number of amides is 6. The molecule has 6 rings (SSSR count). The van der Waals surface area contributed by atoms with E-state index in [1.54, 1.807) is 72.9 Å². The Labute approximate surface area is 366 Å². The lowest BCUT2D eigenvalue weighted by molar-refractivity contribution is -0.137. The number of carbonyl (C=O) groups excluding carboxylic acids is 6. The number of fused-ring (bicyclic) bond motifs is 1. The summed E-state index contributed by atoms with van der Waals surface area (Å²) in [5.41, 5.74) is 9.42. The Bertz CT molecular complexity index is 2320. The quantitative estimate of drug-likeness (QED) is 0.0792. The highest BCUT2D eigenvalue weighted by molar-refractivity contribution is 5.99. The molecule has 1 saturated heterocycles. The first-order valence-electron chi connectivity index (χ1n) is 21.4. The van der Waals surface area contributed by atoms with Crippen molar-refractivity contribution in [3.63, 3.8) is 0 Å². The first kappa shape index (κ1) is 45.7. The van der Waals surface area contributed by atoms with Gasteiger partial charge in [0.15, 0.2) is 0 Å². The number of aromatic amines is 1. The number of rotatable bonds is 13. The third kappa shape index (κ3) is 12.8. The summed E-state index contributed by atoms with van der Waals surface area (Å²) in [5, 5.41) is 28.5. The van der Waals surface area contributed by atoms with Crippen LogP contribution in [0, 0.1) is 0 Å². The average molecular weight is 857 g/mol. The lowest BCUT2D eigenvalue weighted by Gasteiger charge is -2.30. The van der Waals surface area contributed by atoms with E-state index >= 15 is 0 Å². The van der Waals surface area contributed by atoms with E-state index in [0.717, 1.165) is 16.5 Å². The van der Waals surface area contributed by atoms with Gasteiger partial charge in [-0.15, -0.1) is 0 Å². The Kier molecular flexibility index (Phi) is 16.2. The monoisotopic (exact) mass is 856 g/mol. The zero-order chi connectivity index (χ0) is 44.7. The molecule has 1 fully saturated rings. The Morgan fingerprint density at radius 2 is 0.889 bits per heavy atom. The van der Waals surface area contributed by atoms with Crippen molar-refractivity contribution < 1.29 is 33.9 Å². The van der Waals surface area contributed by atoms with E-state index in [9.17, 15) is 33.9 Å². The lowest BCUT2D eigenvalue weighted by Crippen LogP contribution is -2.63. The van der Waals surface area contributed by atoms with E-state index < -0.39 is 77.8 Å². The molecular weight excluding hydrogens is 801 g/mol. The summed E-state index contributed by atoms with van der Waals surface area (Å²) in [6, 6.07) is 26.7. The predicted molar refractivity (Wildman–Crippen MR) is 239 cm³/mol. The van der Waals surface area contributed by atoms with Gasteiger partial charge in [-0.25, -0.2) is 0 Å². The van der Waals surface area contributed by atoms with Crippen molar-refractivity contribution in [1.82, 2.24) is 36.9 Å². The average Bonchev–Trinajstić information content (AvgIpc) is 3.69. The molecule has 1 aliphatic rings. The molecule has 5 aromatic rings. The normalized spacial score (nSPS) is 22.3. The zero-order valence-corrected chi connectivity index (χ0v) is 35.2. The van der Waals surface area contributed by atoms with Crippen LogP contribution in [0.15, 0.2) is 121 Å². The second kappa shape index (κ2) is 22.3. The molecule has 15 heteroatoms. The fourth-order valence-corrected chi connectivity index (χ4v) is 7.68. The summed E-state index contributed by atoms with van der Waals surface area (Å²) in [5.74, 6) is -4.39. The fraction of sp³-hybridized carbons (Fsp3) is 0.333. The van der Waals surface area contributed by atoms with E-state index in [1.165, 1.54) is 6.92 Å². The summed E-state index contributed by atoms with van der Waals surface area (Å²) in [6.07, 6.45) is 1.42. The maximum absolute atomic E-state index is 14.6. The molecule has 0 spiro atoms. The minimum absolute atomic E-state index is 0.00107. The van der Waals surface area contributed by atoms with Crippen LogP contribution in [-0.4, -0.2) is 94.4 Å². The fourth-order valence-electron chi connectivity index (χ4n) is 7.68. The number of para-hydroxylation sites is 1. The van der Waals surface area contributed by atoms with Crippen LogP contribution in [0.5, 0.6) is 0 Å². The van der Waals surface area contributed by atoms with Gasteiger partial charge in [0.25, 0.3) is 0 Å². The molecule has 0 saturated carbocycles. The number of H-pyrrole nitrogens is 1. The predicted octanol–water partition coefficient (Wildman–Crippen LogP) is 1.87. The Balaban J connectivity index is 1.42. The topological polar surface area (TPSA) is 237 Å². The number of unbranched alkanes of at least 4 members (excludes halogenated alkanes) is 1. The second-order valence-corrected chi connectivity index (χ2v) is 15.9. The summed E-state index contributed by atoms with van der Waals surface area (Å²) in [4.78, 5) is 89.6. The van der Waals surface area contributed by atoms with Gasteiger partial charge in [0.2, 0.25) is 35.4 Å². The summed E-state index contributed by atoms with van der Waals surface area (Å²) in [7, 11) is 0. The Morgan fingerprint density at radius 3 is 1.35 bits per heavy atom. The van der Waals surface area contributed by atoms with Crippen molar-refractivity contribution in [2.45, 2.75) is 94.2 Å². The number of carbonyl (C=O) groups is 6. The van der Waals surface area contributed by atoms with Gasteiger partial charge in [-0.1, -0.05) is 109 Å². The van der Waals surface area contributed by atoms with Gasteiger partial charge in [-0.3, -0.25) is 28.8 Å². The number of nitrogens with one attached hydrogen (secondary N) is 7. The molecule has 0 radical (unpaired) electrons. The number of hydrogen-bond acceptors (Lipinski definition) is 8. The molecule has 6 amide bonds. The maximum Gasteiger partial charge on any atom is 0.245 e. The van der Waals surface area contributed by atoms with Crippen LogP contribution in [0.1, 0.15) is 48.4 Å². The van der Waals surface area contributed by atoms with Crippen molar-refractivity contribution >= 4 is 46.3 Å². The second-order valence-electron chi connectivity index (χ2n) is 15.9. The molecule has 63 heavy (non-hydrogen) atoms. The SMILES string of the molecule is C[C@@H](O)[C@@H]1NC(=O)[C@H](CCCCN)NC(=O)[C@@H](Cc2c[nH]c3ccccc23)NC(=O)[C@H](Cc2ccccc2)NC(=O)[C@H](Cc2ccccc2)NC(=O)[C@H](Cc2ccccc2)NC1=O. The third-order valence-electron chi connectivity index (χ3n) is 11.1. The highest BCUT2D eigenvalue weighted by Gasteiger charge is 2.36. The van der Waals surface area contributed by atoms with Gasteiger partial charge in [-0.05, 0) is 61.1 Å². The molecular formula is C48H56N8O7. The van der Waals surface area contributed by atoms with Gasteiger partial charge in [-0.2, -0.15) is 0 Å². The number of aliphatic hydroxyl groups excluding tert-OH is 1. The molecule has 330 valence electrons. The molecule has 10 N–H and O–H groups in total. The van der Waals surface area contributed by atoms with Crippen LogP contribution >= 0.6 is 0 Å². The van der Waals surface area contributed by atoms with Crippen molar-refractivity contribution in [3.05, 3.63) is 144 Å². The molecule has 0 aliphatic carbocycles. The van der Waals surface area contributed by atoms with Gasteiger partial charge in [0.05, 0.1) is 6.10 Å². The third-order valence-corrected chi connectivity index (χ3v) is 11.1. The van der Waals surface area contributed by atoms with Gasteiger partial charge < -0.3 is 47.7 Å². The van der Waals surface area contributed by atoms with E-state index in [-0.39, 0.29) is 32.1 Å². The van der Waals surface area contributed by atoms with Crippen LogP contribution < -0.4 is 37.6 Å². The molecule has 7 atom stereocenters. The van der Waals surface area contributed by atoms with Crippen LogP contribution in [0.2, 0.25) is 0 Å². The number of hydrogen-bond donors (Lipinski definition) is 9. The smallest absolute Gasteiger partial charge is 0.245 e. The standard InChI is InChI=1S/C48H56N8O7/c1-30(57)42-48(63)55-40(27-33-19-9-4-10-20-33)46(61)53-38(25-31-15-5-2-6-16-31)44(59)52-39(26-32-17-7-3-8-18-32)45(60)54-41(28-34-29-50-36-22-12-11-21-35(34)36)47(62)51-37(43(58)56-42)23-13-14-24-49/h2-12,15-22,29-30,37-42,50,57H,13-14,23-28,49H2,1H3,(H,51,62)(H,52,59)(H,53,61)(H,54,60)(H,55,63)(H,56,58)/t30-,37+,38+,39+,40+,41-,42+/m1/s1. The van der Waals surface area contributed by atoms with Crippen LogP contribution in [0.4, 0.5) is 0 Å². The van der Waals surface area contributed by atoms with Gasteiger partial charge >= 0.3 is 0 Å². The first-order chi connectivity index (χ1) is 30.5. The van der Waals surface area contributed by atoms with E-state index in [1.807, 2.05) is 48.5 Å². The van der Waals surface area contributed by atoms with Crippen LogP contribution in [0.3, 0.4) is 0 Å². The molecule has 1 aromatic heterocycles. The summed E-state index contributed by atoms with van der Waals surface area (Å²) in [6.45, 7) is 1.65. The van der Waals surface area contributed by atoms with Gasteiger partial charge in [0.1, 0.15) is 36.3 Å². The largest absolute Gasteiger partial charge is 0.391 e. The summed E-state index contributed by atoms with van der Waals surface area (Å²) < 4.78 is 0. The number of aromatic nitrogens is 1.